The quantitative estimate of drug-likeness (QED) is 0.663. The maximum absolute atomic E-state index is 13.5. The van der Waals surface area contributed by atoms with Gasteiger partial charge in [-0.2, -0.15) is 0 Å². The summed E-state index contributed by atoms with van der Waals surface area (Å²) in [6.07, 6.45) is 1.05. The van der Waals surface area contributed by atoms with Gasteiger partial charge in [0, 0.05) is 30.0 Å². The van der Waals surface area contributed by atoms with Crippen LogP contribution in [0.4, 0.5) is 0 Å². The van der Waals surface area contributed by atoms with E-state index in [4.69, 9.17) is 23.7 Å². The Hall–Kier alpha value is -3.68. The largest absolute Gasteiger partial charge is 0.493 e. The van der Waals surface area contributed by atoms with Crippen molar-refractivity contribution in [3.05, 3.63) is 52.7 Å². The third-order valence-corrected chi connectivity index (χ3v) is 6.50. The number of carbonyl (C=O) groups excluding carboxylic acids is 2. The van der Waals surface area contributed by atoms with Gasteiger partial charge in [-0.05, 0) is 47.7 Å². The van der Waals surface area contributed by atoms with Gasteiger partial charge in [0.05, 0.1) is 35.5 Å². The highest BCUT2D eigenvalue weighted by atomic mass is 16.5. The van der Waals surface area contributed by atoms with Gasteiger partial charge in [0.15, 0.2) is 28.8 Å². The summed E-state index contributed by atoms with van der Waals surface area (Å²) in [6.45, 7) is 0. The molecule has 0 fully saturated rings. The van der Waals surface area contributed by atoms with Crippen LogP contribution in [-0.4, -0.2) is 47.2 Å². The van der Waals surface area contributed by atoms with E-state index < -0.39 is 5.92 Å². The number of carbonyl (C=O) groups is 2. The van der Waals surface area contributed by atoms with Crippen LogP contribution in [0.1, 0.15) is 42.2 Å². The van der Waals surface area contributed by atoms with Gasteiger partial charge in [0.1, 0.15) is 0 Å². The Bertz CT molecular complexity index is 1130. The number of allylic oxidation sites excluding steroid dienone is 2. The van der Waals surface area contributed by atoms with Gasteiger partial charge < -0.3 is 29.0 Å². The minimum atomic E-state index is -0.392. The van der Waals surface area contributed by atoms with Gasteiger partial charge in [-0.25, -0.2) is 0 Å². The molecule has 2 atom stereocenters. The topological polar surface area (TPSA) is 92.3 Å². The Morgan fingerprint density at radius 3 is 1.91 bits per heavy atom. The van der Waals surface area contributed by atoms with Crippen LogP contribution < -0.4 is 29.0 Å². The van der Waals surface area contributed by atoms with E-state index in [1.54, 1.807) is 28.4 Å². The average molecular weight is 468 g/mol. The first-order valence-electron chi connectivity index (χ1n) is 11.0. The van der Waals surface area contributed by atoms with Crippen molar-refractivity contribution in [3.8, 4) is 28.7 Å². The highest BCUT2D eigenvalue weighted by Gasteiger charge is 2.39. The fraction of sp³-hybridized carbons (Fsp3) is 0.385. The van der Waals surface area contributed by atoms with Crippen molar-refractivity contribution in [2.45, 2.75) is 31.1 Å². The van der Waals surface area contributed by atoms with Crippen LogP contribution in [0, 0.1) is 0 Å². The number of ether oxygens (including phenoxy) is 5. The number of benzene rings is 2. The van der Waals surface area contributed by atoms with Crippen molar-refractivity contribution in [2.24, 2.45) is 0 Å². The third-order valence-electron chi connectivity index (χ3n) is 6.50. The SMILES string of the molecule is COc1ccc([C@H]2CC(=O)C3=C(C2)NC(=O)C[C@@H]3c2cc(OC)c(OC)c(OC)c2)cc1OC. The number of amides is 1. The Kier molecular flexibility index (Phi) is 6.68. The molecule has 0 bridgehead atoms. The zero-order chi connectivity index (χ0) is 24.4. The molecule has 0 spiro atoms. The smallest absolute Gasteiger partial charge is 0.225 e. The molecule has 2 aromatic carbocycles. The molecule has 1 heterocycles. The summed E-state index contributed by atoms with van der Waals surface area (Å²) >= 11 is 0. The molecular formula is C26H29NO7. The summed E-state index contributed by atoms with van der Waals surface area (Å²) in [6, 6.07) is 9.28. The van der Waals surface area contributed by atoms with Gasteiger partial charge in [-0.15, -0.1) is 0 Å². The van der Waals surface area contributed by atoms with Gasteiger partial charge >= 0.3 is 0 Å². The first-order valence-corrected chi connectivity index (χ1v) is 11.0. The molecule has 0 saturated heterocycles. The van der Waals surface area contributed by atoms with E-state index in [0.717, 1.165) is 11.1 Å². The fourth-order valence-electron chi connectivity index (χ4n) is 4.89. The van der Waals surface area contributed by atoms with Gasteiger partial charge in [-0.1, -0.05) is 6.07 Å². The Morgan fingerprint density at radius 2 is 1.32 bits per heavy atom. The van der Waals surface area contributed by atoms with E-state index in [9.17, 15) is 9.59 Å². The molecule has 1 aliphatic heterocycles. The lowest BCUT2D eigenvalue weighted by atomic mass is 9.73. The minimum absolute atomic E-state index is 0.0137. The molecule has 0 unspecified atom stereocenters. The van der Waals surface area contributed by atoms with E-state index >= 15 is 0 Å². The van der Waals surface area contributed by atoms with E-state index in [1.807, 2.05) is 30.3 Å². The molecule has 2 aromatic rings. The van der Waals surface area contributed by atoms with E-state index in [0.29, 0.717) is 52.9 Å². The lowest BCUT2D eigenvalue weighted by molar-refractivity contribution is -0.122. The third kappa shape index (κ3) is 4.16. The summed E-state index contributed by atoms with van der Waals surface area (Å²) in [5.74, 6) is 2.08. The number of nitrogens with one attached hydrogen (secondary N) is 1. The Morgan fingerprint density at radius 1 is 0.706 bits per heavy atom. The van der Waals surface area contributed by atoms with Gasteiger partial charge in [-0.3, -0.25) is 9.59 Å². The molecule has 8 nitrogen and oxygen atoms in total. The minimum Gasteiger partial charge on any atom is -0.493 e. The van der Waals surface area contributed by atoms with Crippen molar-refractivity contribution in [3.63, 3.8) is 0 Å². The monoisotopic (exact) mass is 467 g/mol. The van der Waals surface area contributed by atoms with Gasteiger partial charge in [0.25, 0.3) is 0 Å². The van der Waals surface area contributed by atoms with Crippen LogP contribution >= 0.6 is 0 Å². The summed E-state index contributed by atoms with van der Waals surface area (Å²) < 4.78 is 27.2. The number of rotatable bonds is 7. The summed E-state index contributed by atoms with van der Waals surface area (Å²) in [5, 5.41) is 2.96. The van der Waals surface area contributed by atoms with Gasteiger partial charge in [0.2, 0.25) is 11.7 Å². The molecule has 4 rings (SSSR count). The van der Waals surface area contributed by atoms with Crippen LogP contribution in [0.2, 0.25) is 0 Å². The lowest BCUT2D eigenvalue weighted by Crippen LogP contribution is -2.38. The predicted octanol–water partition coefficient (Wildman–Crippen LogP) is 3.73. The average Bonchev–Trinajstić information content (AvgIpc) is 2.86. The molecule has 0 aromatic heterocycles. The fourth-order valence-corrected chi connectivity index (χ4v) is 4.89. The molecule has 1 aliphatic carbocycles. The maximum Gasteiger partial charge on any atom is 0.225 e. The zero-order valence-electron chi connectivity index (χ0n) is 20.0. The number of hydrogen-bond donors (Lipinski definition) is 1. The molecule has 1 amide bonds. The summed E-state index contributed by atoms with van der Waals surface area (Å²) in [7, 11) is 7.78. The van der Waals surface area contributed by atoms with Crippen LogP contribution in [-0.2, 0) is 9.59 Å². The Balaban J connectivity index is 1.73. The summed E-state index contributed by atoms with van der Waals surface area (Å²) in [5.41, 5.74) is 3.05. The first kappa shape index (κ1) is 23.5. The first-order chi connectivity index (χ1) is 16.4. The second-order valence-electron chi connectivity index (χ2n) is 8.30. The zero-order valence-corrected chi connectivity index (χ0v) is 20.0. The standard InChI is InChI=1S/C26H29NO7/c1-30-20-7-6-14(10-21(20)31-2)15-8-18-25(19(28)9-15)17(13-24(29)27-18)16-11-22(32-3)26(34-5)23(12-16)33-4/h6-7,10-12,15,17H,8-9,13H2,1-5H3,(H,27,29)/t15-,17-/m1/s1. The van der Waals surface area contributed by atoms with Crippen molar-refractivity contribution in [1.29, 1.82) is 0 Å². The molecule has 180 valence electrons. The molecule has 0 radical (unpaired) electrons. The highest BCUT2D eigenvalue weighted by molar-refractivity contribution is 6.02. The molecule has 1 N–H and O–H groups in total. The van der Waals surface area contributed by atoms with E-state index in [-0.39, 0.29) is 24.0 Å². The highest BCUT2D eigenvalue weighted by Crippen LogP contribution is 2.47. The van der Waals surface area contributed by atoms with E-state index in [1.165, 1.54) is 7.11 Å². The Labute approximate surface area is 198 Å². The molecule has 34 heavy (non-hydrogen) atoms. The second kappa shape index (κ2) is 9.67. The second-order valence-corrected chi connectivity index (χ2v) is 8.30. The van der Waals surface area contributed by atoms with E-state index in [2.05, 4.69) is 5.32 Å². The molecule has 0 saturated carbocycles. The maximum atomic E-state index is 13.5. The van der Waals surface area contributed by atoms with Crippen molar-refractivity contribution in [2.75, 3.05) is 35.5 Å². The normalized spacial score (nSPS) is 19.8. The number of hydrogen-bond acceptors (Lipinski definition) is 7. The predicted molar refractivity (Wildman–Crippen MR) is 125 cm³/mol. The molecule has 8 heteroatoms. The van der Waals surface area contributed by atoms with Crippen LogP contribution in [0.25, 0.3) is 0 Å². The lowest BCUT2D eigenvalue weighted by Gasteiger charge is -2.35. The number of methoxy groups -OCH3 is 5. The summed E-state index contributed by atoms with van der Waals surface area (Å²) in [4.78, 5) is 26.1. The van der Waals surface area contributed by atoms with Crippen molar-refractivity contribution in [1.82, 2.24) is 5.32 Å². The number of ketones is 1. The van der Waals surface area contributed by atoms with Crippen LogP contribution in [0.5, 0.6) is 28.7 Å². The van der Waals surface area contributed by atoms with Crippen LogP contribution in [0.3, 0.4) is 0 Å². The van der Waals surface area contributed by atoms with Crippen molar-refractivity contribution < 1.29 is 33.3 Å². The molecular weight excluding hydrogens is 438 g/mol. The number of Topliss-reactive ketones (excluding diaryl/α,β-unsaturated/α-hetero) is 1. The van der Waals surface area contributed by atoms with Crippen molar-refractivity contribution >= 4 is 11.7 Å². The molecule has 2 aliphatic rings. The van der Waals surface area contributed by atoms with Crippen LogP contribution in [0.15, 0.2) is 41.6 Å².